The normalized spacial score (nSPS) is 19.4. The zero-order chi connectivity index (χ0) is 9.73. The van der Waals surface area contributed by atoms with Crippen LogP contribution in [-0.2, 0) is 4.74 Å². The zero-order valence-electron chi connectivity index (χ0n) is 8.68. The standard InChI is InChI=1S/C10H20BrNO/c1-12(6-3-7-13-2)9-10(8-11)4-5-10/h3-9H2,1-2H3. The van der Waals surface area contributed by atoms with Crippen molar-refractivity contribution in [1.82, 2.24) is 4.90 Å². The lowest BCUT2D eigenvalue weighted by atomic mass is 10.1. The smallest absolute Gasteiger partial charge is 0.0474 e. The summed E-state index contributed by atoms with van der Waals surface area (Å²) in [5.74, 6) is 0. The molecule has 0 atom stereocenters. The average Bonchev–Trinajstić information content (AvgIpc) is 2.86. The van der Waals surface area contributed by atoms with Crippen molar-refractivity contribution in [1.29, 1.82) is 0 Å². The Kier molecular flexibility index (Phi) is 4.70. The highest BCUT2D eigenvalue weighted by molar-refractivity contribution is 9.09. The molecule has 0 radical (unpaired) electrons. The summed E-state index contributed by atoms with van der Waals surface area (Å²) in [4.78, 5) is 2.42. The van der Waals surface area contributed by atoms with E-state index in [0.717, 1.165) is 24.9 Å². The van der Waals surface area contributed by atoms with Crippen LogP contribution in [-0.4, -0.2) is 44.1 Å². The molecule has 13 heavy (non-hydrogen) atoms. The SMILES string of the molecule is COCCCN(C)CC1(CBr)CC1. The Labute approximate surface area is 89.8 Å². The van der Waals surface area contributed by atoms with Gasteiger partial charge in [-0.3, -0.25) is 0 Å². The van der Waals surface area contributed by atoms with Crippen molar-refractivity contribution in [2.75, 3.05) is 39.2 Å². The molecule has 0 N–H and O–H groups in total. The van der Waals surface area contributed by atoms with Crippen LogP contribution >= 0.6 is 15.9 Å². The average molecular weight is 250 g/mol. The molecule has 1 fully saturated rings. The summed E-state index contributed by atoms with van der Waals surface area (Å²) in [7, 11) is 3.97. The van der Waals surface area contributed by atoms with Crippen LogP contribution < -0.4 is 0 Å². The fourth-order valence-electron chi connectivity index (χ4n) is 1.64. The Morgan fingerprint density at radius 1 is 1.46 bits per heavy atom. The summed E-state index contributed by atoms with van der Waals surface area (Å²) >= 11 is 3.59. The van der Waals surface area contributed by atoms with Gasteiger partial charge in [-0.25, -0.2) is 0 Å². The van der Waals surface area contributed by atoms with E-state index >= 15 is 0 Å². The van der Waals surface area contributed by atoms with Crippen molar-refractivity contribution in [3.63, 3.8) is 0 Å². The molecule has 0 aromatic carbocycles. The highest BCUT2D eigenvalue weighted by atomic mass is 79.9. The van der Waals surface area contributed by atoms with E-state index in [-0.39, 0.29) is 0 Å². The first kappa shape index (κ1) is 11.5. The summed E-state index contributed by atoms with van der Waals surface area (Å²) in [6, 6.07) is 0. The van der Waals surface area contributed by atoms with Gasteiger partial charge in [0, 0.05) is 32.1 Å². The van der Waals surface area contributed by atoms with E-state index in [1.807, 2.05) is 0 Å². The zero-order valence-corrected chi connectivity index (χ0v) is 10.3. The van der Waals surface area contributed by atoms with Crippen molar-refractivity contribution in [2.45, 2.75) is 19.3 Å². The molecule has 0 bridgehead atoms. The second-order valence-corrected chi connectivity index (χ2v) is 4.78. The minimum absolute atomic E-state index is 0.613. The molecule has 3 heteroatoms. The molecule has 2 nitrogen and oxygen atoms in total. The van der Waals surface area contributed by atoms with Gasteiger partial charge in [-0.05, 0) is 31.7 Å². The Balaban J connectivity index is 2.07. The Morgan fingerprint density at radius 3 is 2.62 bits per heavy atom. The molecule has 0 aromatic heterocycles. The van der Waals surface area contributed by atoms with Crippen LogP contribution in [0.1, 0.15) is 19.3 Å². The second kappa shape index (κ2) is 5.32. The molecule has 1 rings (SSSR count). The number of hydrogen-bond acceptors (Lipinski definition) is 2. The Morgan fingerprint density at radius 2 is 2.15 bits per heavy atom. The predicted molar refractivity (Wildman–Crippen MR) is 59.5 cm³/mol. The quantitative estimate of drug-likeness (QED) is 0.507. The van der Waals surface area contributed by atoms with Gasteiger partial charge in [0.2, 0.25) is 0 Å². The number of rotatable bonds is 7. The van der Waals surface area contributed by atoms with Gasteiger partial charge in [0.15, 0.2) is 0 Å². The van der Waals surface area contributed by atoms with E-state index in [1.165, 1.54) is 19.4 Å². The predicted octanol–water partition coefficient (Wildman–Crippen LogP) is 2.13. The number of alkyl halides is 1. The molecule has 0 aromatic rings. The Hall–Kier alpha value is 0.400. The van der Waals surface area contributed by atoms with Gasteiger partial charge in [0.05, 0.1) is 0 Å². The lowest BCUT2D eigenvalue weighted by molar-refractivity contribution is 0.174. The summed E-state index contributed by atoms with van der Waals surface area (Å²) in [6.45, 7) is 3.27. The topological polar surface area (TPSA) is 12.5 Å². The van der Waals surface area contributed by atoms with Gasteiger partial charge in [-0.2, -0.15) is 0 Å². The van der Waals surface area contributed by atoms with Crippen molar-refractivity contribution in [2.24, 2.45) is 5.41 Å². The first-order valence-corrected chi connectivity index (χ1v) is 6.08. The van der Waals surface area contributed by atoms with Gasteiger partial charge in [-0.15, -0.1) is 0 Å². The van der Waals surface area contributed by atoms with Crippen LogP contribution in [0.3, 0.4) is 0 Å². The van der Waals surface area contributed by atoms with Crippen molar-refractivity contribution < 1.29 is 4.74 Å². The van der Waals surface area contributed by atoms with Crippen LogP contribution in [0.15, 0.2) is 0 Å². The number of nitrogens with zero attached hydrogens (tertiary/aromatic N) is 1. The van der Waals surface area contributed by atoms with E-state index in [2.05, 4.69) is 27.9 Å². The van der Waals surface area contributed by atoms with Crippen LogP contribution in [0.25, 0.3) is 0 Å². The highest BCUT2D eigenvalue weighted by Crippen LogP contribution is 2.47. The molecule has 0 aliphatic heterocycles. The van der Waals surface area contributed by atoms with E-state index in [9.17, 15) is 0 Å². The van der Waals surface area contributed by atoms with Crippen molar-refractivity contribution in [3.05, 3.63) is 0 Å². The summed E-state index contributed by atoms with van der Waals surface area (Å²) in [5.41, 5.74) is 0.613. The molecule has 1 aliphatic carbocycles. The molecule has 0 heterocycles. The molecule has 1 saturated carbocycles. The molecule has 0 saturated heterocycles. The third-order valence-corrected chi connectivity index (χ3v) is 3.92. The van der Waals surface area contributed by atoms with Gasteiger partial charge in [0.25, 0.3) is 0 Å². The minimum atomic E-state index is 0.613. The number of halogens is 1. The summed E-state index contributed by atoms with van der Waals surface area (Å²) in [6.07, 6.45) is 3.94. The van der Waals surface area contributed by atoms with Crippen LogP contribution in [0.4, 0.5) is 0 Å². The van der Waals surface area contributed by atoms with E-state index in [0.29, 0.717) is 5.41 Å². The maximum atomic E-state index is 5.03. The molecular weight excluding hydrogens is 230 g/mol. The number of hydrogen-bond donors (Lipinski definition) is 0. The van der Waals surface area contributed by atoms with Gasteiger partial charge < -0.3 is 9.64 Å². The largest absolute Gasteiger partial charge is 0.385 e. The highest BCUT2D eigenvalue weighted by Gasteiger charge is 2.41. The fraction of sp³-hybridized carbons (Fsp3) is 1.00. The second-order valence-electron chi connectivity index (χ2n) is 4.22. The van der Waals surface area contributed by atoms with Crippen molar-refractivity contribution >= 4 is 15.9 Å². The van der Waals surface area contributed by atoms with E-state index < -0.39 is 0 Å². The Bertz CT molecular complexity index is 148. The fourth-order valence-corrected chi connectivity index (χ4v) is 2.38. The summed E-state index contributed by atoms with van der Waals surface area (Å²) < 4.78 is 5.03. The molecule has 78 valence electrons. The van der Waals surface area contributed by atoms with Crippen LogP contribution in [0, 0.1) is 5.41 Å². The van der Waals surface area contributed by atoms with Crippen molar-refractivity contribution in [3.8, 4) is 0 Å². The first-order chi connectivity index (χ1) is 6.22. The third kappa shape index (κ3) is 3.96. The van der Waals surface area contributed by atoms with E-state index in [1.54, 1.807) is 7.11 Å². The van der Waals surface area contributed by atoms with Gasteiger partial charge >= 0.3 is 0 Å². The van der Waals surface area contributed by atoms with Gasteiger partial charge in [-0.1, -0.05) is 15.9 Å². The number of ether oxygens (including phenoxy) is 1. The van der Waals surface area contributed by atoms with E-state index in [4.69, 9.17) is 4.74 Å². The molecule has 0 spiro atoms. The minimum Gasteiger partial charge on any atom is -0.385 e. The maximum Gasteiger partial charge on any atom is 0.0474 e. The van der Waals surface area contributed by atoms with Gasteiger partial charge in [0.1, 0.15) is 0 Å². The molecule has 0 amide bonds. The van der Waals surface area contributed by atoms with Crippen LogP contribution in [0.5, 0.6) is 0 Å². The molecule has 1 aliphatic rings. The summed E-state index contributed by atoms with van der Waals surface area (Å²) in [5, 5.41) is 1.16. The molecular formula is C10H20BrNO. The van der Waals surface area contributed by atoms with Crippen LogP contribution in [0.2, 0.25) is 0 Å². The third-order valence-electron chi connectivity index (χ3n) is 2.73. The first-order valence-electron chi connectivity index (χ1n) is 4.96. The molecule has 0 unspecified atom stereocenters. The maximum absolute atomic E-state index is 5.03. The lowest BCUT2D eigenvalue weighted by Gasteiger charge is -2.21. The monoisotopic (exact) mass is 249 g/mol. The number of methoxy groups -OCH3 is 1. The lowest BCUT2D eigenvalue weighted by Crippen LogP contribution is -2.29.